The van der Waals surface area contributed by atoms with E-state index in [4.69, 9.17) is 0 Å². The number of rotatable bonds is 2. The number of sulfonamides is 1. The summed E-state index contributed by atoms with van der Waals surface area (Å²) in [6.07, 6.45) is 0. The van der Waals surface area contributed by atoms with Crippen LogP contribution in [0.3, 0.4) is 0 Å². The van der Waals surface area contributed by atoms with Gasteiger partial charge in [-0.25, -0.2) is 13.1 Å². The number of hydrogen-bond donors (Lipinski definition) is 1. The molecule has 0 saturated heterocycles. The molecule has 3 nitrogen and oxygen atoms in total. The summed E-state index contributed by atoms with van der Waals surface area (Å²) >= 11 is 0. The number of hydrogen-bond acceptors (Lipinski definition) is 2. The van der Waals surface area contributed by atoms with Crippen molar-refractivity contribution >= 4 is 10.0 Å². The average molecular weight is 145 g/mol. The number of alkyl halides is 2. The van der Waals surface area contributed by atoms with Crippen LogP contribution in [0.15, 0.2) is 0 Å². The maximum atomic E-state index is 11.2. The number of halogens is 2. The van der Waals surface area contributed by atoms with Gasteiger partial charge in [-0.2, -0.15) is 8.78 Å². The first-order valence-corrected chi connectivity index (χ1v) is 3.26. The molecule has 0 aliphatic heterocycles. The van der Waals surface area contributed by atoms with Crippen LogP contribution < -0.4 is 4.72 Å². The summed E-state index contributed by atoms with van der Waals surface area (Å²) in [6.45, 7) is 0. The predicted molar refractivity (Wildman–Crippen MR) is 24.0 cm³/mol. The molecular formula is C2H5F2NO2S. The van der Waals surface area contributed by atoms with Gasteiger partial charge < -0.3 is 0 Å². The van der Waals surface area contributed by atoms with Gasteiger partial charge in [0.05, 0.1) is 0 Å². The van der Waals surface area contributed by atoms with Crippen LogP contribution in [0.25, 0.3) is 0 Å². The van der Waals surface area contributed by atoms with Crippen molar-refractivity contribution in [3.05, 3.63) is 0 Å². The number of nitrogens with one attached hydrogen (secondary N) is 1. The van der Waals surface area contributed by atoms with Gasteiger partial charge in [0.15, 0.2) is 0 Å². The first-order valence-electron chi connectivity index (χ1n) is 1.71. The van der Waals surface area contributed by atoms with Crippen LogP contribution in [0.1, 0.15) is 0 Å². The molecule has 0 radical (unpaired) electrons. The van der Waals surface area contributed by atoms with Gasteiger partial charge in [0.1, 0.15) is 0 Å². The lowest BCUT2D eigenvalue weighted by molar-refractivity contribution is 0.233. The van der Waals surface area contributed by atoms with Gasteiger partial charge >= 0.3 is 5.76 Å². The van der Waals surface area contributed by atoms with Gasteiger partial charge in [0.25, 0.3) is 10.0 Å². The Kier molecular flexibility index (Phi) is 2.29. The van der Waals surface area contributed by atoms with Crippen molar-refractivity contribution in [2.45, 2.75) is 5.76 Å². The Morgan fingerprint density at radius 1 is 1.50 bits per heavy atom. The molecule has 50 valence electrons. The Bertz CT molecular complexity index is 151. The van der Waals surface area contributed by atoms with Crippen LogP contribution in [0.2, 0.25) is 0 Å². The van der Waals surface area contributed by atoms with Crippen molar-refractivity contribution in [2.24, 2.45) is 0 Å². The van der Waals surface area contributed by atoms with Crippen molar-refractivity contribution in [1.29, 1.82) is 0 Å². The fourth-order valence-electron chi connectivity index (χ4n) is 0.0891. The summed E-state index contributed by atoms with van der Waals surface area (Å²) in [5, 5.41) is 0. The first-order chi connectivity index (χ1) is 3.50. The molecule has 0 atom stereocenters. The van der Waals surface area contributed by atoms with Crippen LogP contribution in [-0.2, 0) is 10.0 Å². The third-order valence-corrected chi connectivity index (χ3v) is 1.56. The summed E-state index contributed by atoms with van der Waals surface area (Å²) in [7, 11) is -3.39. The van der Waals surface area contributed by atoms with E-state index in [0.717, 1.165) is 7.05 Å². The largest absolute Gasteiger partial charge is 0.350 e. The van der Waals surface area contributed by atoms with Crippen molar-refractivity contribution in [2.75, 3.05) is 7.05 Å². The fourth-order valence-corrected chi connectivity index (χ4v) is 0.267. The van der Waals surface area contributed by atoms with E-state index in [9.17, 15) is 17.2 Å². The molecule has 0 fully saturated rings. The topological polar surface area (TPSA) is 46.2 Å². The minimum Gasteiger partial charge on any atom is -0.213 e. The van der Waals surface area contributed by atoms with E-state index in [2.05, 4.69) is 0 Å². The lowest BCUT2D eigenvalue weighted by atomic mass is 11.6. The highest BCUT2D eigenvalue weighted by molar-refractivity contribution is 7.89. The molecule has 0 spiro atoms. The lowest BCUT2D eigenvalue weighted by Gasteiger charge is -1.96. The maximum absolute atomic E-state index is 11.2. The molecule has 0 amide bonds. The molecule has 0 unspecified atom stereocenters. The van der Waals surface area contributed by atoms with E-state index < -0.39 is 15.8 Å². The molecule has 0 aliphatic rings. The summed E-state index contributed by atoms with van der Waals surface area (Å²) in [6, 6.07) is 0. The van der Waals surface area contributed by atoms with Gasteiger partial charge in [0.2, 0.25) is 0 Å². The van der Waals surface area contributed by atoms with Gasteiger partial charge in [-0.15, -0.1) is 0 Å². The molecule has 0 bridgehead atoms. The summed E-state index contributed by atoms with van der Waals surface area (Å²) in [4.78, 5) is 0. The van der Waals surface area contributed by atoms with E-state index in [1.807, 2.05) is 0 Å². The molecule has 0 aromatic heterocycles. The molecule has 0 saturated carbocycles. The molecule has 0 aromatic rings. The zero-order valence-corrected chi connectivity index (χ0v) is 4.87. The second kappa shape index (κ2) is 2.36. The Balaban J connectivity index is 4.17. The SMILES string of the molecule is CNS(=O)(=O)C(F)F. The summed E-state index contributed by atoms with van der Waals surface area (Å²) in [5.74, 6) is -3.33. The molecule has 8 heavy (non-hydrogen) atoms. The van der Waals surface area contributed by atoms with E-state index in [1.54, 1.807) is 0 Å². The average Bonchev–Trinajstić information content (AvgIpc) is 1.67. The third kappa shape index (κ3) is 1.71. The van der Waals surface area contributed by atoms with E-state index >= 15 is 0 Å². The molecule has 0 heterocycles. The Hall–Kier alpha value is -0.230. The second-order valence-corrected chi connectivity index (χ2v) is 2.86. The highest BCUT2D eigenvalue weighted by atomic mass is 32.2. The maximum Gasteiger partial charge on any atom is 0.350 e. The normalized spacial score (nSPS) is 12.5. The molecule has 1 N–H and O–H groups in total. The minimum absolute atomic E-state index is 0.932. The van der Waals surface area contributed by atoms with Crippen LogP contribution in [0.5, 0.6) is 0 Å². The molecule has 0 aromatic carbocycles. The summed E-state index contributed by atoms with van der Waals surface area (Å²) < 4.78 is 43.5. The van der Waals surface area contributed by atoms with E-state index in [0.29, 0.717) is 0 Å². The smallest absolute Gasteiger partial charge is 0.213 e. The zero-order chi connectivity index (χ0) is 6.78. The lowest BCUT2D eigenvalue weighted by Crippen LogP contribution is -2.25. The molecule has 0 aliphatic carbocycles. The van der Waals surface area contributed by atoms with Crippen molar-refractivity contribution in [3.8, 4) is 0 Å². The van der Waals surface area contributed by atoms with Crippen LogP contribution in [0, 0.1) is 0 Å². The Morgan fingerprint density at radius 2 is 1.88 bits per heavy atom. The second-order valence-electron chi connectivity index (χ2n) is 1.01. The van der Waals surface area contributed by atoms with Crippen LogP contribution in [0.4, 0.5) is 8.78 Å². The zero-order valence-electron chi connectivity index (χ0n) is 4.06. The molecule has 6 heteroatoms. The van der Waals surface area contributed by atoms with Gasteiger partial charge in [-0.05, 0) is 7.05 Å². The Morgan fingerprint density at radius 3 is 1.88 bits per heavy atom. The van der Waals surface area contributed by atoms with E-state index in [1.165, 1.54) is 4.72 Å². The predicted octanol–water partition coefficient (Wildman–Crippen LogP) is -0.242. The third-order valence-electron chi connectivity index (χ3n) is 0.519. The van der Waals surface area contributed by atoms with Gasteiger partial charge in [0, 0.05) is 0 Å². The molecular weight excluding hydrogens is 140 g/mol. The Labute approximate surface area is 45.7 Å². The summed E-state index contributed by atoms with van der Waals surface area (Å²) in [5.41, 5.74) is 0. The van der Waals surface area contributed by atoms with Crippen molar-refractivity contribution in [3.63, 3.8) is 0 Å². The van der Waals surface area contributed by atoms with Crippen LogP contribution in [-0.4, -0.2) is 21.2 Å². The molecule has 0 rings (SSSR count). The van der Waals surface area contributed by atoms with E-state index in [-0.39, 0.29) is 0 Å². The standard InChI is InChI=1S/C2H5F2NO2S/c1-5-8(6,7)2(3)4/h2,5H,1H3. The first kappa shape index (κ1) is 7.77. The van der Waals surface area contributed by atoms with Crippen LogP contribution >= 0.6 is 0 Å². The van der Waals surface area contributed by atoms with Gasteiger partial charge in [-0.1, -0.05) is 0 Å². The monoisotopic (exact) mass is 145 g/mol. The minimum atomic E-state index is -4.32. The highest BCUT2D eigenvalue weighted by Crippen LogP contribution is 1.98. The van der Waals surface area contributed by atoms with Crippen molar-refractivity contribution in [1.82, 2.24) is 4.72 Å². The van der Waals surface area contributed by atoms with Gasteiger partial charge in [-0.3, -0.25) is 0 Å². The quantitative estimate of drug-likeness (QED) is 0.582. The highest BCUT2D eigenvalue weighted by Gasteiger charge is 2.20. The fraction of sp³-hybridized carbons (Fsp3) is 1.00. The van der Waals surface area contributed by atoms with Crippen molar-refractivity contribution < 1.29 is 17.2 Å².